The van der Waals surface area contributed by atoms with Gasteiger partial charge in [0.2, 0.25) is 10.0 Å². The van der Waals surface area contributed by atoms with E-state index in [9.17, 15) is 13.2 Å². The molecule has 1 aromatic carbocycles. The SMILES string of the molecule is O=C(Nc1ccc2cnn(C3COC3)c2n1)c1ccc(NS(=O)(=O)CCO)cc1N1CCC2(CC1)CC2. The average molecular weight is 527 g/mol. The molecule has 3 aromatic rings. The molecule has 1 amide bonds. The van der Waals surface area contributed by atoms with Gasteiger partial charge in [-0.3, -0.25) is 9.52 Å². The van der Waals surface area contributed by atoms with E-state index >= 15 is 0 Å². The van der Waals surface area contributed by atoms with E-state index in [0.29, 0.717) is 47.0 Å². The highest BCUT2D eigenvalue weighted by atomic mass is 32.2. The third kappa shape index (κ3) is 4.88. The summed E-state index contributed by atoms with van der Waals surface area (Å²) < 4.78 is 34.1. The lowest BCUT2D eigenvalue weighted by Crippen LogP contribution is -2.35. The first-order valence-corrected chi connectivity index (χ1v) is 14.2. The van der Waals surface area contributed by atoms with E-state index in [2.05, 4.69) is 25.0 Å². The highest BCUT2D eigenvalue weighted by molar-refractivity contribution is 7.92. The third-order valence-electron chi connectivity index (χ3n) is 7.65. The molecule has 37 heavy (non-hydrogen) atoms. The predicted molar refractivity (Wildman–Crippen MR) is 139 cm³/mol. The minimum Gasteiger partial charge on any atom is -0.395 e. The molecule has 0 radical (unpaired) electrons. The van der Waals surface area contributed by atoms with Crippen LogP contribution in [-0.2, 0) is 14.8 Å². The summed E-state index contributed by atoms with van der Waals surface area (Å²) in [5.74, 6) is -0.306. The minimum absolute atomic E-state index is 0.138. The number of aromatic nitrogens is 3. The number of carbonyl (C=O) groups is 1. The van der Waals surface area contributed by atoms with E-state index in [1.165, 1.54) is 12.8 Å². The van der Waals surface area contributed by atoms with E-state index < -0.39 is 22.4 Å². The van der Waals surface area contributed by atoms with Gasteiger partial charge in [0.05, 0.1) is 48.7 Å². The molecule has 6 rings (SSSR count). The number of nitrogens with one attached hydrogen (secondary N) is 2. The molecule has 3 N–H and O–H groups in total. The van der Waals surface area contributed by atoms with Gasteiger partial charge in [0, 0.05) is 18.5 Å². The molecule has 2 saturated heterocycles. The second-order valence-electron chi connectivity index (χ2n) is 10.2. The third-order valence-corrected chi connectivity index (χ3v) is 8.92. The van der Waals surface area contributed by atoms with Crippen LogP contribution in [0.3, 0.4) is 0 Å². The highest BCUT2D eigenvalue weighted by Gasteiger charge is 2.44. The average Bonchev–Trinajstić information content (AvgIpc) is 3.47. The fourth-order valence-electron chi connectivity index (χ4n) is 5.11. The summed E-state index contributed by atoms with van der Waals surface area (Å²) in [6, 6.07) is 8.67. The molecule has 4 heterocycles. The van der Waals surface area contributed by atoms with Crippen molar-refractivity contribution in [3.05, 3.63) is 42.1 Å². The molecule has 0 atom stereocenters. The Hall–Kier alpha value is -3.22. The van der Waals surface area contributed by atoms with Crippen LogP contribution in [0, 0.1) is 5.41 Å². The lowest BCUT2D eigenvalue weighted by Gasteiger charge is -2.35. The zero-order valence-electron chi connectivity index (χ0n) is 20.4. The molecule has 196 valence electrons. The Morgan fingerprint density at radius 1 is 1.14 bits per heavy atom. The fraction of sp³-hybridized carbons (Fsp3) is 0.480. The van der Waals surface area contributed by atoms with Crippen molar-refractivity contribution in [2.24, 2.45) is 5.41 Å². The van der Waals surface area contributed by atoms with Crippen LogP contribution >= 0.6 is 0 Å². The smallest absolute Gasteiger partial charge is 0.258 e. The van der Waals surface area contributed by atoms with E-state index in [0.717, 1.165) is 31.3 Å². The van der Waals surface area contributed by atoms with Crippen LogP contribution in [0.1, 0.15) is 42.1 Å². The zero-order chi connectivity index (χ0) is 25.6. The maximum absolute atomic E-state index is 13.5. The highest BCUT2D eigenvalue weighted by Crippen LogP contribution is 2.54. The number of carbonyl (C=O) groups excluding carboxylic acids is 1. The number of hydrogen-bond acceptors (Lipinski definition) is 8. The van der Waals surface area contributed by atoms with Gasteiger partial charge in [-0.25, -0.2) is 18.1 Å². The van der Waals surface area contributed by atoms with Crippen LogP contribution in [0.15, 0.2) is 36.5 Å². The van der Waals surface area contributed by atoms with Gasteiger partial charge in [0.15, 0.2) is 5.65 Å². The normalized spacial score (nSPS) is 19.1. The standard InChI is InChI=1S/C25H30N6O5S/c32-11-12-37(34,35)29-18-2-3-20(21(13-18)30-9-7-25(5-6-25)8-10-30)24(33)28-22-4-1-17-14-26-31(23(17)27-22)19-15-36-16-19/h1-4,13-14,19,29,32H,5-12,15-16H2,(H,27,28,33). The Labute approximate surface area is 214 Å². The number of aliphatic hydroxyl groups is 1. The van der Waals surface area contributed by atoms with Crippen LogP contribution in [0.25, 0.3) is 11.0 Å². The number of benzene rings is 1. The molecule has 0 unspecified atom stereocenters. The number of ether oxygens (including phenoxy) is 1. The molecule has 1 aliphatic carbocycles. The molecule has 11 nitrogen and oxygen atoms in total. The monoisotopic (exact) mass is 526 g/mol. The Bertz CT molecular complexity index is 1440. The molecule has 2 aromatic heterocycles. The van der Waals surface area contributed by atoms with E-state index in [1.54, 1.807) is 30.5 Å². The second kappa shape index (κ2) is 9.26. The van der Waals surface area contributed by atoms with Crippen LogP contribution < -0.4 is 14.9 Å². The molecule has 12 heteroatoms. The summed E-state index contributed by atoms with van der Waals surface area (Å²) in [6.45, 7) is 2.31. The molecule has 1 saturated carbocycles. The molecular weight excluding hydrogens is 496 g/mol. The van der Waals surface area contributed by atoms with Gasteiger partial charge in [-0.05, 0) is 61.4 Å². The largest absolute Gasteiger partial charge is 0.395 e. The van der Waals surface area contributed by atoms with Gasteiger partial charge in [-0.2, -0.15) is 5.10 Å². The van der Waals surface area contributed by atoms with Crippen LogP contribution in [-0.4, -0.2) is 72.9 Å². The van der Waals surface area contributed by atoms with Crippen molar-refractivity contribution in [3.8, 4) is 0 Å². The van der Waals surface area contributed by atoms with Crippen LogP contribution in [0.2, 0.25) is 0 Å². The maximum atomic E-state index is 13.5. The molecule has 3 aliphatic rings. The van der Waals surface area contributed by atoms with E-state index in [4.69, 9.17) is 9.84 Å². The summed E-state index contributed by atoms with van der Waals surface area (Å²) in [5.41, 5.74) is 2.62. The molecule has 0 bridgehead atoms. The van der Waals surface area contributed by atoms with Gasteiger partial charge in [-0.15, -0.1) is 0 Å². The number of rotatable bonds is 8. The van der Waals surface area contributed by atoms with Crippen LogP contribution in [0.4, 0.5) is 17.2 Å². The van der Waals surface area contributed by atoms with Crippen molar-refractivity contribution >= 4 is 44.2 Å². The molecule has 2 aliphatic heterocycles. The first kappa shape index (κ1) is 24.1. The Balaban J connectivity index is 1.28. The van der Waals surface area contributed by atoms with Crippen molar-refractivity contribution in [1.29, 1.82) is 0 Å². The number of piperidine rings is 1. The van der Waals surface area contributed by atoms with E-state index in [1.807, 2.05) is 10.7 Å². The topological polar surface area (TPSA) is 139 Å². The summed E-state index contributed by atoms with van der Waals surface area (Å²) >= 11 is 0. The van der Waals surface area contributed by atoms with Crippen molar-refractivity contribution in [2.75, 3.05) is 53.6 Å². The second-order valence-corrected chi connectivity index (χ2v) is 12.0. The minimum atomic E-state index is -3.69. The summed E-state index contributed by atoms with van der Waals surface area (Å²) in [5, 5.41) is 17.3. The number of aliphatic hydroxyl groups excluding tert-OH is 1. The van der Waals surface area contributed by atoms with Crippen molar-refractivity contribution in [2.45, 2.75) is 31.7 Å². The lowest BCUT2D eigenvalue weighted by atomic mass is 9.93. The van der Waals surface area contributed by atoms with Crippen LogP contribution in [0.5, 0.6) is 0 Å². The van der Waals surface area contributed by atoms with Gasteiger partial charge in [0.25, 0.3) is 5.91 Å². The van der Waals surface area contributed by atoms with Gasteiger partial charge >= 0.3 is 0 Å². The summed E-state index contributed by atoms with van der Waals surface area (Å²) in [7, 11) is -3.69. The maximum Gasteiger partial charge on any atom is 0.258 e. The predicted octanol–water partition coefficient (Wildman–Crippen LogP) is 2.37. The number of anilines is 3. The number of pyridine rings is 1. The van der Waals surface area contributed by atoms with Gasteiger partial charge in [0.1, 0.15) is 11.9 Å². The summed E-state index contributed by atoms with van der Waals surface area (Å²) in [4.78, 5) is 20.3. The lowest BCUT2D eigenvalue weighted by molar-refractivity contribution is -0.0269. The molecule has 1 spiro atoms. The van der Waals surface area contributed by atoms with Gasteiger partial charge in [-0.1, -0.05) is 0 Å². The number of fused-ring (bicyclic) bond motifs is 1. The zero-order valence-corrected chi connectivity index (χ0v) is 21.2. The van der Waals surface area contributed by atoms with Crippen molar-refractivity contribution in [1.82, 2.24) is 14.8 Å². The first-order chi connectivity index (χ1) is 17.8. The number of hydrogen-bond donors (Lipinski definition) is 3. The first-order valence-electron chi connectivity index (χ1n) is 12.6. The number of amides is 1. The van der Waals surface area contributed by atoms with E-state index in [-0.39, 0.29) is 11.9 Å². The number of sulfonamides is 1. The molecular formula is C25H30N6O5S. The quantitative estimate of drug-likeness (QED) is 0.407. The number of nitrogens with zero attached hydrogens (tertiary/aromatic N) is 4. The van der Waals surface area contributed by atoms with Crippen molar-refractivity contribution < 1.29 is 23.1 Å². The Morgan fingerprint density at radius 3 is 2.59 bits per heavy atom. The fourth-order valence-corrected chi connectivity index (χ4v) is 5.93. The summed E-state index contributed by atoms with van der Waals surface area (Å²) in [6.07, 6.45) is 6.38. The Morgan fingerprint density at radius 2 is 1.92 bits per heavy atom. The Kier molecular flexibility index (Phi) is 6.04. The molecule has 3 fully saturated rings. The van der Waals surface area contributed by atoms with Crippen molar-refractivity contribution in [3.63, 3.8) is 0 Å². The van der Waals surface area contributed by atoms with Gasteiger partial charge < -0.3 is 20.1 Å².